The molecule has 0 N–H and O–H groups in total. The van der Waals surface area contributed by atoms with Crippen molar-refractivity contribution in [1.82, 2.24) is 4.90 Å². The van der Waals surface area contributed by atoms with Gasteiger partial charge in [-0.15, -0.1) is 0 Å². The molecule has 0 radical (unpaired) electrons. The Balaban J connectivity index is 2.13. The highest BCUT2D eigenvalue weighted by Crippen LogP contribution is 2.29. The molecule has 100 valence electrons. The van der Waals surface area contributed by atoms with Crippen LogP contribution in [0, 0.1) is 12.8 Å². The largest absolute Gasteiger partial charge is 0.496 e. The molecule has 0 spiro atoms. The summed E-state index contributed by atoms with van der Waals surface area (Å²) in [5.74, 6) is 1.92. The van der Waals surface area contributed by atoms with E-state index < -0.39 is 0 Å². The summed E-state index contributed by atoms with van der Waals surface area (Å²) in [6, 6.07) is 4.30. The van der Waals surface area contributed by atoms with E-state index in [0.29, 0.717) is 0 Å². The molecule has 0 amide bonds. The van der Waals surface area contributed by atoms with Crippen molar-refractivity contribution in [3.05, 3.63) is 27.7 Å². The lowest BCUT2D eigenvalue weighted by Crippen LogP contribution is -2.32. The van der Waals surface area contributed by atoms with E-state index >= 15 is 0 Å². The van der Waals surface area contributed by atoms with Crippen molar-refractivity contribution in [3.63, 3.8) is 0 Å². The fourth-order valence-corrected chi connectivity index (χ4v) is 3.29. The molecule has 1 aromatic carbocycles. The molecule has 0 atom stereocenters. The molecular formula is C15H22BrNO. The predicted molar refractivity (Wildman–Crippen MR) is 79.1 cm³/mol. The van der Waals surface area contributed by atoms with E-state index in [1.807, 2.05) is 0 Å². The quantitative estimate of drug-likeness (QED) is 0.836. The minimum atomic E-state index is 0.882. The van der Waals surface area contributed by atoms with Crippen LogP contribution in [0.5, 0.6) is 5.75 Å². The normalized spacial score (nSPS) is 18.0. The molecule has 0 aromatic heterocycles. The molecule has 1 saturated heterocycles. The van der Waals surface area contributed by atoms with Gasteiger partial charge in [0.15, 0.2) is 0 Å². The van der Waals surface area contributed by atoms with Crippen LogP contribution in [-0.2, 0) is 6.54 Å². The highest BCUT2D eigenvalue weighted by molar-refractivity contribution is 9.10. The van der Waals surface area contributed by atoms with E-state index in [0.717, 1.165) is 22.7 Å². The van der Waals surface area contributed by atoms with Crippen molar-refractivity contribution < 1.29 is 4.74 Å². The Morgan fingerprint density at radius 2 is 2.00 bits per heavy atom. The molecule has 18 heavy (non-hydrogen) atoms. The third-order valence-corrected chi connectivity index (χ3v) is 4.25. The summed E-state index contributed by atoms with van der Waals surface area (Å²) >= 11 is 3.58. The molecule has 2 rings (SSSR count). The second-order valence-electron chi connectivity index (χ2n) is 5.37. The smallest absolute Gasteiger partial charge is 0.126 e. The van der Waals surface area contributed by atoms with Crippen LogP contribution in [0.3, 0.4) is 0 Å². The molecule has 1 aliphatic rings. The summed E-state index contributed by atoms with van der Waals surface area (Å²) in [5.41, 5.74) is 2.49. The van der Waals surface area contributed by atoms with Crippen LogP contribution < -0.4 is 4.74 Å². The lowest BCUT2D eigenvalue weighted by atomic mass is 9.98. The van der Waals surface area contributed by atoms with Crippen LogP contribution >= 0.6 is 15.9 Å². The van der Waals surface area contributed by atoms with Crippen LogP contribution in [0.1, 0.15) is 30.9 Å². The molecule has 1 fully saturated rings. The molecule has 1 aromatic rings. The van der Waals surface area contributed by atoms with Crippen LogP contribution in [0.4, 0.5) is 0 Å². The fraction of sp³-hybridized carbons (Fsp3) is 0.600. The molecule has 1 heterocycles. The zero-order valence-corrected chi connectivity index (χ0v) is 13.1. The molecule has 0 saturated carbocycles. The van der Waals surface area contributed by atoms with Gasteiger partial charge in [-0.2, -0.15) is 0 Å². The van der Waals surface area contributed by atoms with E-state index in [-0.39, 0.29) is 0 Å². The summed E-state index contributed by atoms with van der Waals surface area (Å²) in [6.45, 7) is 7.86. The van der Waals surface area contributed by atoms with Crippen molar-refractivity contribution in [2.75, 3.05) is 20.2 Å². The first-order valence-corrected chi connectivity index (χ1v) is 7.45. The number of rotatable bonds is 3. The summed E-state index contributed by atoms with van der Waals surface area (Å²) in [5, 5.41) is 0. The average molecular weight is 312 g/mol. The van der Waals surface area contributed by atoms with Gasteiger partial charge in [-0.05, 0) is 56.5 Å². The first-order chi connectivity index (χ1) is 8.60. The molecule has 0 bridgehead atoms. The Kier molecular flexibility index (Phi) is 4.68. The van der Waals surface area contributed by atoms with Gasteiger partial charge < -0.3 is 4.74 Å². The maximum atomic E-state index is 5.55. The summed E-state index contributed by atoms with van der Waals surface area (Å²) in [6.07, 6.45) is 2.63. The predicted octanol–water partition coefficient (Wildman–Crippen LogP) is 4.00. The highest BCUT2D eigenvalue weighted by atomic mass is 79.9. The van der Waals surface area contributed by atoms with E-state index in [1.165, 1.54) is 37.1 Å². The Labute approximate surface area is 118 Å². The molecule has 3 heteroatoms. The second-order valence-corrected chi connectivity index (χ2v) is 6.29. The van der Waals surface area contributed by atoms with Crippen LogP contribution in [-0.4, -0.2) is 25.1 Å². The van der Waals surface area contributed by atoms with E-state index in [1.54, 1.807) is 7.11 Å². The summed E-state index contributed by atoms with van der Waals surface area (Å²) < 4.78 is 6.69. The Morgan fingerprint density at radius 1 is 1.33 bits per heavy atom. The minimum absolute atomic E-state index is 0.882. The number of likely N-dealkylation sites (tertiary alicyclic amines) is 1. The zero-order valence-electron chi connectivity index (χ0n) is 11.5. The van der Waals surface area contributed by atoms with Gasteiger partial charge in [0.05, 0.1) is 7.11 Å². The Bertz CT molecular complexity index is 411. The van der Waals surface area contributed by atoms with Crippen molar-refractivity contribution >= 4 is 15.9 Å². The third-order valence-electron chi connectivity index (χ3n) is 3.79. The second kappa shape index (κ2) is 6.07. The number of hydrogen-bond donors (Lipinski definition) is 0. The van der Waals surface area contributed by atoms with Crippen LogP contribution in [0.15, 0.2) is 16.6 Å². The van der Waals surface area contributed by atoms with Crippen LogP contribution in [0.2, 0.25) is 0 Å². The monoisotopic (exact) mass is 311 g/mol. The summed E-state index contributed by atoms with van der Waals surface area (Å²) in [7, 11) is 1.76. The molecular weight excluding hydrogens is 290 g/mol. The summed E-state index contributed by atoms with van der Waals surface area (Å²) in [4.78, 5) is 2.53. The number of methoxy groups -OCH3 is 1. The average Bonchev–Trinajstić information content (AvgIpc) is 2.32. The SMILES string of the molecule is COc1c(C)cc(Br)cc1CN1CCC(C)CC1. The first kappa shape index (κ1) is 13.9. The van der Waals surface area contributed by atoms with Crippen LogP contribution in [0.25, 0.3) is 0 Å². The van der Waals surface area contributed by atoms with E-state index in [9.17, 15) is 0 Å². The van der Waals surface area contributed by atoms with Gasteiger partial charge in [-0.25, -0.2) is 0 Å². The topological polar surface area (TPSA) is 12.5 Å². The first-order valence-electron chi connectivity index (χ1n) is 6.65. The highest BCUT2D eigenvalue weighted by Gasteiger charge is 2.18. The standard InChI is InChI=1S/C15H22BrNO/c1-11-4-6-17(7-5-11)10-13-9-14(16)8-12(2)15(13)18-3/h8-9,11H,4-7,10H2,1-3H3. The maximum Gasteiger partial charge on any atom is 0.126 e. The van der Waals surface area contributed by atoms with Crippen molar-refractivity contribution in [2.45, 2.75) is 33.2 Å². The van der Waals surface area contributed by atoms with Gasteiger partial charge in [-0.1, -0.05) is 22.9 Å². The number of nitrogens with zero attached hydrogens (tertiary/aromatic N) is 1. The lowest BCUT2D eigenvalue weighted by Gasteiger charge is -2.30. The molecule has 0 aliphatic carbocycles. The number of aryl methyl sites for hydroxylation is 1. The van der Waals surface area contributed by atoms with E-state index in [2.05, 4.69) is 46.8 Å². The van der Waals surface area contributed by atoms with Gasteiger partial charge in [0.2, 0.25) is 0 Å². The van der Waals surface area contributed by atoms with Gasteiger partial charge in [0.1, 0.15) is 5.75 Å². The Morgan fingerprint density at radius 3 is 2.61 bits per heavy atom. The number of hydrogen-bond acceptors (Lipinski definition) is 2. The van der Waals surface area contributed by atoms with Crippen molar-refractivity contribution in [3.8, 4) is 5.75 Å². The van der Waals surface area contributed by atoms with Gasteiger partial charge in [0, 0.05) is 16.6 Å². The molecule has 1 aliphatic heterocycles. The van der Waals surface area contributed by atoms with Gasteiger partial charge >= 0.3 is 0 Å². The number of ether oxygens (including phenoxy) is 1. The Hall–Kier alpha value is -0.540. The van der Waals surface area contributed by atoms with Crippen molar-refractivity contribution in [2.24, 2.45) is 5.92 Å². The molecule has 2 nitrogen and oxygen atoms in total. The van der Waals surface area contributed by atoms with Gasteiger partial charge in [-0.3, -0.25) is 4.90 Å². The number of halogens is 1. The fourth-order valence-electron chi connectivity index (χ4n) is 2.67. The number of benzene rings is 1. The van der Waals surface area contributed by atoms with Crippen molar-refractivity contribution in [1.29, 1.82) is 0 Å². The zero-order chi connectivity index (χ0) is 13.1. The van der Waals surface area contributed by atoms with E-state index in [4.69, 9.17) is 4.74 Å². The third kappa shape index (κ3) is 3.27. The lowest BCUT2D eigenvalue weighted by molar-refractivity contribution is 0.183. The minimum Gasteiger partial charge on any atom is -0.496 e. The van der Waals surface area contributed by atoms with Gasteiger partial charge in [0.25, 0.3) is 0 Å². The number of piperidine rings is 1. The maximum absolute atomic E-state index is 5.55. The molecule has 0 unspecified atom stereocenters.